The molecule has 0 spiro atoms. The normalized spacial score (nSPS) is 12.5. The Hall–Kier alpha value is -6.60. The van der Waals surface area contributed by atoms with Crippen molar-refractivity contribution in [2.24, 2.45) is 0 Å². The molecule has 9 nitrogen and oxygen atoms in total. The lowest BCUT2D eigenvalue weighted by molar-refractivity contribution is 0.307. The highest BCUT2D eigenvalue weighted by Gasteiger charge is 2.30. The Labute approximate surface area is 838 Å². The van der Waals surface area contributed by atoms with E-state index in [0.717, 1.165) is 155 Å². The number of nitriles is 2. The highest BCUT2D eigenvalue weighted by molar-refractivity contribution is 7.28. The molecule has 0 aliphatic carbocycles. The van der Waals surface area contributed by atoms with Crippen LogP contribution in [-0.2, 0) is 30.4 Å². The predicted molar refractivity (Wildman–Crippen MR) is 592 cm³/mol. The van der Waals surface area contributed by atoms with E-state index in [1.807, 2.05) is 68.8 Å². The summed E-state index contributed by atoms with van der Waals surface area (Å²) < 4.78 is 50.5. The van der Waals surface area contributed by atoms with E-state index >= 15 is 0 Å². The van der Waals surface area contributed by atoms with Crippen LogP contribution in [0.4, 0.5) is 0 Å². The van der Waals surface area contributed by atoms with Gasteiger partial charge in [0, 0.05) is 66.8 Å². The number of hydrogen-bond donors (Lipinski definition) is 0. The number of aromatic nitrogens is 2. The summed E-state index contributed by atoms with van der Waals surface area (Å²) in [6.07, 6.45) is 86.5. The summed E-state index contributed by atoms with van der Waals surface area (Å²) in [5, 5.41) is 28.4. The molecule has 730 valence electrons. The molecule has 0 atom stereocenters. The van der Waals surface area contributed by atoms with E-state index in [2.05, 4.69) is 140 Å². The third-order valence-electron chi connectivity index (χ3n) is 27.2. The summed E-state index contributed by atoms with van der Waals surface area (Å²) in [6.45, 7) is 21.2. The zero-order valence-electron chi connectivity index (χ0n) is 84.0. The molecule has 3 aromatic carbocycles. The van der Waals surface area contributed by atoms with Crippen LogP contribution in [0.2, 0.25) is 0 Å². The first-order chi connectivity index (χ1) is 66.2. The van der Waals surface area contributed by atoms with Crippen LogP contribution in [-0.4, -0.2) is 35.2 Å². The lowest BCUT2D eigenvalue weighted by Crippen LogP contribution is -2.00. The Kier molecular flexibility index (Phi) is 50.8. The fourth-order valence-electron chi connectivity index (χ4n) is 19.3. The van der Waals surface area contributed by atoms with Gasteiger partial charge in [0.05, 0.1) is 57.0 Å². The van der Waals surface area contributed by atoms with Crippen molar-refractivity contribution in [3.05, 3.63) is 127 Å². The van der Waals surface area contributed by atoms with Crippen molar-refractivity contribution >= 4 is 143 Å². The molecule has 134 heavy (non-hydrogen) atoms. The lowest BCUT2D eigenvalue weighted by atomic mass is 9.96. The second kappa shape index (κ2) is 63.2. The topological polar surface area (TPSA) is 120 Å². The van der Waals surface area contributed by atoms with Crippen molar-refractivity contribution < 1.29 is 23.7 Å². The number of allylic oxidation sites excluding steroid dienone is 6. The molecule has 0 N–H and O–H groups in total. The van der Waals surface area contributed by atoms with E-state index < -0.39 is 0 Å². The zero-order chi connectivity index (χ0) is 93.8. The molecular weight excluding hydrogens is 1780 g/mol. The Morgan fingerprint density at radius 1 is 0.328 bits per heavy atom. The minimum absolute atomic E-state index is 0.0656. The second-order valence-corrected chi connectivity index (χ2v) is 45.0. The minimum atomic E-state index is 0.0656. The molecule has 7 aromatic heterocycles. The highest BCUT2D eigenvalue weighted by atomic mass is 32.1. The van der Waals surface area contributed by atoms with Crippen molar-refractivity contribution in [2.75, 3.05) is 26.4 Å². The summed E-state index contributed by atoms with van der Waals surface area (Å²) in [4.78, 5) is 8.87. The average Bonchev–Trinajstić information content (AvgIpc) is 1.58. The molecule has 0 unspecified atom stereocenters. The van der Waals surface area contributed by atoms with Gasteiger partial charge in [0.25, 0.3) is 0 Å². The molecule has 11 rings (SSSR count). The molecule has 0 saturated carbocycles. The quantitative estimate of drug-likeness (QED) is 0.0271. The van der Waals surface area contributed by atoms with Gasteiger partial charge in [-0.25, -0.2) is 0 Å². The number of unbranched alkanes of at least 4 members (excludes halogenated alkanes) is 48. The van der Waals surface area contributed by atoms with Crippen molar-refractivity contribution in [3.8, 4) is 65.1 Å². The van der Waals surface area contributed by atoms with Crippen LogP contribution < -0.4 is 18.9 Å². The first-order valence-electron chi connectivity index (χ1n) is 54.3. The van der Waals surface area contributed by atoms with Gasteiger partial charge in [-0.05, 0) is 171 Å². The first-order valence-corrected chi connectivity index (χ1v) is 60.0. The van der Waals surface area contributed by atoms with Gasteiger partial charge in [-0.1, -0.05) is 376 Å². The van der Waals surface area contributed by atoms with Crippen molar-refractivity contribution in [1.82, 2.24) is 8.75 Å². The monoisotopic (exact) mass is 1940 g/mol. The highest BCUT2D eigenvalue weighted by Crippen LogP contribution is 2.57. The molecule has 10 aromatic rings. The third kappa shape index (κ3) is 33.3. The summed E-state index contributed by atoms with van der Waals surface area (Å²) in [5.74, 6) is 5.20. The number of benzene rings is 3. The summed E-state index contributed by atoms with van der Waals surface area (Å²) in [6, 6.07) is 20.6. The van der Waals surface area contributed by atoms with Gasteiger partial charge >= 0.3 is 0 Å². The summed E-state index contributed by atoms with van der Waals surface area (Å²) >= 11 is 12.6. The van der Waals surface area contributed by atoms with E-state index in [9.17, 15) is 10.5 Å². The molecule has 0 fully saturated rings. The van der Waals surface area contributed by atoms with Gasteiger partial charge < -0.3 is 23.7 Å². The molecule has 0 radical (unpaired) electrons. The van der Waals surface area contributed by atoms with Gasteiger partial charge in [-0.3, -0.25) is 0 Å². The van der Waals surface area contributed by atoms with Crippen LogP contribution in [0.3, 0.4) is 0 Å². The Bertz CT molecular complexity index is 5140. The van der Waals surface area contributed by atoms with Crippen LogP contribution in [0.1, 0.15) is 447 Å². The number of fused-ring (bicyclic) bond motifs is 5. The van der Waals surface area contributed by atoms with Gasteiger partial charge in [0.2, 0.25) is 0 Å². The second-order valence-electron chi connectivity index (χ2n) is 38.3. The van der Waals surface area contributed by atoms with Gasteiger partial charge in [-0.2, -0.15) is 19.3 Å². The van der Waals surface area contributed by atoms with Crippen molar-refractivity contribution in [2.45, 2.75) is 441 Å². The smallest absolute Gasteiger partial charge is 0.146 e. The molecule has 1 aliphatic rings. The Balaban J connectivity index is 0.964. The van der Waals surface area contributed by atoms with Crippen LogP contribution in [0, 0.1) is 22.7 Å². The van der Waals surface area contributed by atoms with E-state index in [-0.39, 0.29) is 5.57 Å². The maximum absolute atomic E-state index is 10.8. The number of rotatable bonds is 75. The Morgan fingerprint density at radius 2 is 0.642 bits per heavy atom. The van der Waals surface area contributed by atoms with E-state index in [1.54, 1.807) is 11.3 Å². The fourth-order valence-corrected chi connectivity index (χ4v) is 27.2. The SMILES string of the molecule is CCCCCCCCCCCCOc1c2cc(-c3sc(/C=C/C4=CC(=C(C#N)C#N)C=C(/C=C/c5sc(-c6cc7c(OCCCCCCCCCCCC)c8sc(-c9cccc%10nsnc9%10)cc8c(OCCCCCCCCCCCC)c7s6)c(CCCCCC)c5CCCCCC)O4)c(CCCCCC)c3CCCCCC)sc2c(OCCCCCCCCCCCC)c2ccsc12. The maximum Gasteiger partial charge on any atom is 0.146 e. The fraction of sp³-hybridized carbons (Fsp3) is 0.610. The standard InChI is InChI=1S/C118H166N4O5S7/c1-9-17-25-33-37-41-45-49-53-61-77-123-109-98-76-81-128-115(98)110(124-78-62-54-50-46-42-38-34-26-18-10-2)100-85-106(132-116(100)109)113-95(68-59-31-23-15-7)93(66-57-29-21-13-5)103(129-113)74-72-91-82-89(90(87-119)88-120)83-92(127-91)73-75-104-94(67-58-30-22-14-6)96(69-60-32-24-16-8)114(130-104)107-86-101-112(126-80-64-56-52-48-44-40-36-28-20-12-4)117-99(84-105(131-117)97-70-65-71-102-108(97)122-134-121-102)111(118(101)133-107)125-79-63-55-51-47-43-39-35-27-19-11-3/h65,70-76,81-86H,9-64,66-69,77-80H2,1-8H3/b74-72+,75-73+. The summed E-state index contributed by atoms with van der Waals surface area (Å²) in [7, 11) is 0. The average molecular weight is 1950 g/mol. The van der Waals surface area contributed by atoms with Gasteiger partial charge in [0.15, 0.2) is 0 Å². The summed E-state index contributed by atoms with van der Waals surface area (Å²) in [5.41, 5.74) is 9.41. The predicted octanol–water partition coefficient (Wildman–Crippen LogP) is 41.2. The maximum atomic E-state index is 10.8. The van der Waals surface area contributed by atoms with E-state index in [4.69, 9.17) is 32.4 Å². The molecule has 8 heterocycles. The first kappa shape index (κ1) is 108. The van der Waals surface area contributed by atoms with Crippen LogP contribution >= 0.6 is 79.7 Å². The largest absolute Gasteiger partial charge is 0.491 e. The van der Waals surface area contributed by atoms with E-state index in [0.29, 0.717) is 43.5 Å². The number of ether oxygens (including phenoxy) is 5. The molecule has 0 saturated heterocycles. The van der Waals surface area contributed by atoms with Crippen molar-refractivity contribution in [1.29, 1.82) is 10.5 Å². The van der Waals surface area contributed by atoms with Gasteiger partial charge in [-0.15, -0.1) is 68.0 Å². The molecule has 0 bridgehead atoms. The lowest BCUT2D eigenvalue weighted by Gasteiger charge is -2.14. The molecule has 16 heteroatoms. The zero-order valence-corrected chi connectivity index (χ0v) is 89.7. The van der Waals surface area contributed by atoms with Gasteiger partial charge in [0.1, 0.15) is 63.3 Å². The van der Waals surface area contributed by atoms with Crippen LogP contribution in [0.15, 0.2) is 94.8 Å². The Morgan fingerprint density at radius 3 is 1.00 bits per heavy atom. The molecule has 1 aliphatic heterocycles. The molecule has 0 amide bonds. The van der Waals surface area contributed by atoms with E-state index in [1.165, 1.54) is 379 Å². The molecular formula is C118H166N4O5S7. The minimum Gasteiger partial charge on any atom is -0.491 e. The number of hydrogen-bond acceptors (Lipinski definition) is 16. The number of nitrogens with zero attached hydrogens (tertiary/aromatic N) is 4. The van der Waals surface area contributed by atoms with Crippen LogP contribution in [0.25, 0.3) is 93.5 Å². The number of thiophene rings is 6. The van der Waals surface area contributed by atoms with Crippen molar-refractivity contribution in [3.63, 3.8) is 0 Å². The third-order valence-corrected chi connectivity index (χ3v) is 34.9. The van der Waals surface area contributed by atoms with Crippen LogP contribution in [0.5, 0.6) is 23.0 Å².